The Morgan fingerprint density at radius 3 is 2.32 bits per heavy atom. The Morgan fingerprint density at radius 1 is 0.829 bits per heavy atom. The van der Waals surface area contributed by atoms with Gasteiger partial charge in [0.05, 0.1) is 16.0 Å². The van der Waals surface area contributed by atoms with Crippen LogP contribution in [0.15, 0.2) is 108 Å². The number of hydrogen-bond donors (Lipinski definition) is 3. The molecule has 0 aliphatic rings. The number of thioether (sulfide) groups is 1. The number of carbonyl (C=O) groups is 3. The van der Waals surface area contributed by atoms with Crippen LogP contribution in [0.5, 0.6) is 0 Å². The third kappa shape index (κ3) is 8.72. The lowest BCUT2D eigenvalue weighted by Crippen LogP contribution is -2.30. The van der Waals surface area contributed by atoms with Gasteiger partial charge in [-0.05, 0) is 74.0 Å². The van der Waals surface area contributed by atoms with Crippen LogP contribution in [0, 0.1) is 6.92 Å². The van der Waals surface area contributed by atoms with Crippen LogP contribution in [0.4, 0.5) is 11.4 Å². The molecule has 1 atom stereocenters. The molecule has 4 aromatic carbocycles. The van der Waals surface area contributed by atoms with Crippen molar-refractivity contribution in [1.29, 1.82) is 0 Å². The highest BCUT2D eigenvalue weighted by Crippen LogP contribution is 2.29. The van der Waals surface area contributed by atoms with Crippen LogP contribution in [-0.4, -0.2) is 23.0 Å². The number of hydrogen-bond acceptors (Lipinski definition) is 4. The van der Waals surface area contributed by atoms with Crippen LogP contribution in [0.1, 0.15) is 28.4 Å². The molecule has 0 aliphatic carbocycles. The zero-order valence-electron chi connectivity index (χ0n) is 22.3. The summed E-state index contributed by atoms with van der Waals surface area (Å²) in [7, 11) is 0. The number of nitrogens with one attached hydrogen (secondary N) is 3. The molecule has 9 heteroatoms. The number of benzene rings is 4. The number of halogens is 2. The normalized spacial score (nSPS) is 11.9. The highest BCUT2D eigenvalue weighted by molar-refractivity contribution is 8.00. The number of anilines is 2. The quantitative estimate of drug-likeness (QED) is 0.134. The molecule has 3 amide bonds. The number of amides is 3. The largest absolute Gasteiger partial charge is 0.324 e. The van der Waals surface area contributed by atoms with Gasteiger partial charge in [-0.3, -0.25) is 14.4 Å². The Labute approximate surface area is 253 Å². The monoisotopic (exact) mass is 603 g/mol. The third-order valence-electron chi connectivity index (χ3n) is 5.84. The van der Waals surface area contributed by atoms with Gasteiger partial charge >= 0.3 is 0 Å². The molecule has 208 valence electrons. The van der Waals surface area contributed by atoms with Crippen LogP contribution in [-0.2, 0) is 9.59 Å². The van der Waals surface area contributed by atoms with Crippen molar-refractivity contribution in [3.8, 4) is 0 Å². The second-order valence-corrected chi connectivity index (χ2v) is 11.4. The average molecular weight is 605 g/mol. The maximum Gasteiger partial charge on any atom is 0.272 e. The molecular formula is C32H27Cl2N3O3S. The molecule has 0 bridgehead atoms. The fraction of sp³-hybridized carbons (Fsp3) is 0.0938. The lowest BCUT2D eigenvalue weighted by atomic mass is 10.1. The van der Waals surface area contributed by atoms with E-state index in [0.29, 0.717) is 27.0 Å². The van der Waals surface area contributed by atoms with Gasteiger partial charge in [0.2, 0.25) is 5.91 Å². The first-order valence-electron chi connectivity index (χ1n) is 12.7. The average Bonchev–Trinajstić information content (AvgIpc) is 2.94. The van der Waals surface area contributed by atoms with Gasteiger partial charge in [0.25, 0.3) is 11.8 Å². The lowest BCUT2D eigenvalue weighted by molar-refractivity contribution is -0.115. The Kier molecular flexibility index (Phi) is 10.2. The van der Waals surface area contributed by atoms with Crippen molar-refractivity contribution in [2.75, 3.05) is 10.6 Å². The van der Waals surface area contributed by atoms with Crippen molar-refractivity contribution in [2.45, 2.75) is 24.0 Å². The van der Waals surface area contributed by atoms with Crippen molar-refractivity contribution < 1.29 is 14.4 Å². The van der Waals surface area contributed by atoms with Crippen LogP contribution in [0.3, 0.4) is 0 Å². The molecule has 0 radical (unpaired) electrons. The van der Waals surface area contributed by atoms with Gasteiger partial charge in [0, 0.05) is 21.2 Å². The summed E-state index contributed by atoms with van der Waals surface area (Å²) in [6, 6.07) is 28.3. The van der Waals surface area contributed by atoms with Gasteiger partial charge < -0.3 is 16.0 Å². The van der Waals surface area contributed by atoms with Crippen LogP contribution in [0.2, 0.25) is 10.0 Å². The molecule has 0 aromatic heterocycles. The molecule has 0 saturated carbocycles. The molecule has 0 heterocycles. The molecule has 1 unspecified atom stereocenters. The molecule has 4 rings (SSSR count). The van der Waals surface area contributed by atoms with E-state index in [1.165, 1.54) is 11.8 Å². The van der Waals surface area contributed by atoms with E-state index in [0.717, 1.165) is 16.0 Å². The Hall–Kier alpha value is -4.04. The smallest absolute Gasteiger partial charge is 0.272 e. The first kappa shape index (κ1) is 29.9. The van der Waals surface area contributed by atoms with Crippen molar-refractivity contribution in [3.63, 3.8) is 0 Å². The minimum Gasteiger partial charge on any atom is -0.324 e. The molecule has 4 aromatic rings. The number of carbonyl (C=O) groups excluding carboxylic acids is 3. The van der Waals surface area contributed by atoms with E-state index in [4.69, 9.17) is 23.2 Å². The zero-order valence-corrected chi connectivity index (χ0v) is 24.6. The zero-order chi connectivity index (χ0) is 29.4. The summed E-state index contributed by atoms with van der Waals surface area (Å²) in [5.74, 6) is -1.12. The summed E-state index contributed by atoms with van der Waals surface area (Å²) in [6.45, 7) is 3.73. The van der Waals surface area contributed by atoms with E-state index in [2.05, 4.69) is 16.0 Å². The van der Waals surface area contributed by atoms with Crippen molar-refractivity contribution in [1.82, 2.24) is 5.32 Å². The highest BCUT2D eigenvalue weighted by atomic mass is 35.5. The summed E-state index contributed by atoms with van der Waals surface area (Å²) >= 11 is 13.4. The topological polar surface area (TPSA) is 87.3 Å². The lowest BCUT2D eigenvalue weighted by Gasteiger charge is -2.15. The number of aryl methyl sites for hydroxylation is 1. The van der Waals surface area contributed by atoms with Crippen LogP contribution < -0.4 is 16.0 Å². The molecular weight excluding hydrogens is 577 g/mol. The maximum absolute atomic E-state index is 13.4. The highest BCUT2D eigenvalue weighted by Gasteiger charge is 2.18. The fourth-order valence-electron chi connectivity index (χ4n) is 3.80. The second-order valence-electron chi connectivity index (χ2n) is 9.15. The maximum atomic E-state index is 13.4. The van der Waals surface area contributed by atoms with Gasteiger partial charge in [-0.25, -0.2) is 0 Å². The first-order valence-corrected chi connectivity index (χ1v) is 14.3. The van der Waals surface area contributed by atoms with Gasteiger partial charge in [0.1, 0.15) is 5.70 Å². The van der Waals surface area contributed by atoms with E-state index < -0.39 is 17.1 Å². The van der Waals surface area contributed by atoms with Crippen LogP contribution >= 0.6 is 35.0 Å². The van der Waals surface area contributed by atoms with E-state index in [-0.39, 0.29) is 11.6 Å². The van der Waals surface area contributed by atoms with Gasteiger partial charge in [-0.1, -0.05) is 77.3 Å². The summed E-state index contributed by atoms with van der Waals surface area (Å²) in [4.78, 5) is 39.8. The molecule has 0 saturated heterocycles. The van der Waals surface area contributed by atoms with Crippen molar-refractivity contribution >= 4 is 70.1 Å². The predicted octanol–water partition coefficient (Wildman–Crippen LogP) is 7.83. The molecule has 3 N–H and O–H groups in total. The predicted molar refractivity (Wildman–Crippen MR) is 169 cm³/mol. The summed E-state index contributed by atoms with van der Waals surface area (Å²) in [5.41, 5.74) is 3.30. The molecule has 41 heavy (non-hydrogen) atoms. The third-order valence-corrected chi connectivity index (χ3v) is 7.49. The van der Waals surface area contributed by atoms with E-state index in [9.17, 15) is 14.4 Å². The molecule has 6 nitrogen and oxygen atoms in total. The first-order chi connectivity index (χ1) is 19.7. The van der Waals surface area contributed by atoms with Gasteiger partial charge in [0.15, 0.2) is 0 Å². The summed E-state index contributed by atoms with van der Waals surface area (Å²) in [5, 5.41) is 8.78. The fourth-order valence-corrected chi connectivity index (χ4v) is 5.18. The van der Waals surface area contributed by atoms with Gasteiger partial charge in [-0.15, -0.1) is 11.8 Å². The minimum atomic E-state index is -0.485. The van der Waals surface area contributed by atoms with E-state index in [1.807, 2.05) is 43.3 Å². The minimum absolute atomic E-state index is 0.0927. The SMILES string of the molecule is Cc1cccc(/C=C(/NC(=O)c2ccccc2)C(=O)Nc2cccc(SC(C)C(=O)Nc3ccc(Cl)cc3Cl)c2)c1. The summed E-state index contributed by atoms with van der Waals surface area (Å²) < 4.78 is 0. The van der Waals surface area contributed by atoms with Crippen LogP contribution in [0.25, 0.3) is 6.08 Å². The number of rotatable bonds is 9. The van der Waals surface area contributed by atoms with E-state index >= 15 is 0 Å². The second kappa shape index (κ2) is 14.0. The van der Waals surface area contributed by atoms with Crippen molar-refractivity contribution in [2.24, 2.45) is 0 Å². The van der Waals surface area contributed by atoms with Gasteiger partial charge in [-0.2, -0.15) is 0 Å². The summed E-state index contributed by atoms with van der Waals surface area (Å²) in [6.07, 6.45) is 1.63. The Bertz CT molecular complexity index is 1610. The molecule has 0 spiro atoms. The van der Waals surface area contributed by atoms with Crippen molar-refractivity contribution in [3.05, 3.63) is 129 Å². The molecule has 0 fully saturated rings. The Balaban J connectivity index is 1.48. The standard InChI is InChI=1S/C32H27Cl2N3O3S/c1-20-8-6-9-22(16-20)17-29(37-31(39)23-10-4-3-5-11-23)32(40)35-25-12-7-13-26(19-25)41-21(2)30(38)36-28-15-14-24(33)18-27(28)34/h3-19,21H,1-2H3,(H,35,40)(H,36,38)(H,37,39)/b29-17+. The van der Waals surface area contributed by atoms with E-state index in [1.54, 1.807) is 73.7 Å². The Morgan fingerprint density at radius 2 is 1.59 bits per heavy atom. The molecule has 0 aliphatic heterocycles.